The van der Waals surface area contributed by atoms with Crippen LogP contribution in [0.2, 0.25) is 0 Å². The molecule has 3 aromatic rings. The predicted octanol–water partition coefficient (Wildman–Crippen LogP) is 2.95. The number of H-pyrrole nitrogens is 1. The van der Waals surface area contributed by atoms with Crippen molar-refractivity contribution in [2.24, 2.45) is 0 Å². The van der Waals surface area contributed by atoms with E-state index in [-0.39, 0.29) is 11.7 Å². The summed E-state index contributed by atoms with van der Waals surface area (Å²) in [5.41, 5.74) is 1.84. The van der Waals surface area contributed by atoms with E-state index < -0.39 is 0 Å². The van der Waals surface area contributed by atoms with Crippen LogP contribution in [0.1, 0.15) is 25.6 Å². The van der Waals surface area contributed by atoms with Gasteiger partial charge in [-0.15, -0.1) is 11.3 Å². The van der Waals surface area contributed by atoms with Crippen LogP contribution in [-0.4, -0.2) is 76.9 Å². The topological polar surface area (TPSA) is 81.7 Å². The number of ether oxygens (including phenoxy) is 1. The fourth-order valence-electron chi connectivity index (χ4n) is 4.18. The second kappa shape index (κ2) is 11.2. The molecule has 4 rings (SSSR count). The van der Waals surface area contributed by atoms with Crippen LogP contribution in [0.25, 0.3) is 21.3 Å². The average Bonchev–Trinajstić information content (AvgIpc) is 3.23. The van der Waals surface area contributed by atoms with E-state index in [0.29, 0.717) is 24.3 Å². The van der Waals surface area contributed by atoms with Crippen molar-refractivity contribution < 1.29 is 9.84 Å². The maximum absolute atomic E-state index is 13.0. The Balaban J connectivity index is 1.52. The lowest BCUT2D eigenvalue weighted by Crippen LogP contribution is -2.43. The van der Waals surface area contributed by atoms with Gasteiger partial charge >= 0.3 is 0 Å². The molecular weight excluding hydrogens is 424 g/mol. The summed E-state index contributed by atoms with van der Waals surface area (Å²) in [6, 6.07) is 9.94. The number of benzene rings is 1. The minimum Gasteiger partial charge on any atom is -0.392 e. The van der Waals surface area contributed by atoms with Crippen LogP contribution < -0.4 is 5.56 Å². The molecule has 0 amide bonds. The summed E-state index contributed by atoms with van der Waals surface area (Å²) in [7, 11) is 0. The third kappa shape index (κ3) is 5.82. The Morgan fingerprint density at radius 2 is 2.06 bits per heavy atom. The van der Waals surface area contributed by atoms with Gasteiger partial charge in [-0.05, 0) is 12.0 Å². The second-order valence-electron chi connectivity index (χ2n) is 8.34. The van der Waals surface area contributed by atoms with Crippen LogP contribution >= 0.6 is 11.3 Å². The molecule has 0 saturated carbocycles. The van der Waals surface area contributed by atoms with Crippen molar-refractivity contribution in [1.82, 2.24) is 19.8 Å². The monoisotopic (exact) mass is 456 g/mol. The quantitative estimate of drug-likeness (QED) is 0.488. The molecule has 7 nitrogen and oxygen atoms in total. The van der Waals surface area contributed by atoms with Crippen molar-refractivity contribution in [1.29, 1.82) is 0 Å². The zero-order valence-corrected chi connectivity index (χ0v) is 19.4. The first-order chi connectivity index (χ1) is 15.6. The summed E-state index contributed by atoms with van der Waals surface area (Å²) in [5, 5.41) is 13.1. The maximum atomic E-state index is 13.0. The van der Waals surface area contributed by atoms with Gasteiger partial charge in [-0.1, -0.05) is 43.7 Å². The predicted molar refractivity (Wildman–Crippen MR) is 129 cm³/mol. The summed E-state index contributed by atoms with van der Waals surface area (Å²) >= 11 is 1.50. The fourth-order valence-corrected chi connectivity index (χ4v) is 5.14. The number of aromatic amines is 1. The summed E-state index contributed by atoms with van der Waals surface area (Å²) in [5.74, 6) is 0.648. The second-order valence-corrected chi connectivity index (χ2v) is 9.20. The number of morpholine rings is 1. The number of nitrogens with zero attached hydrogens (tertiary/aromatic N) is 3. The van der Waals surface area contributed by atoms with Crippen LogP contribution in [0, 0.1) is 0 Å². The van der Waals surface area contributed by atoms with E-state index in [1.807, 2.05) is 35.7 Å². The molecule has 1 aliphatic heterocycles. The molecule has 1 fully saturated rings. The van der Waals surface area contributed by atoms with Crippen molar-refractivity contribution in [3.05, 3.63) is 51.9 Å². The van der Waals surface area contributed by atoms with E-state index in [1.165, 1.54) is 11.3 Å². The van der Waals surface area contributed by atoms with E-state index >= 15 is 0 Å². The molecule has 2 N–H and O–H groups in total. The zero-order chi connectivity index (χ0) is 22.3. The van der Waals surface area contributed by atoms with Crippen LogP contribution in [0.4, 0.5) is 0 Å². The molecule has 1 saturated heterocycles. The highest BCUT2D eigenvalue weighted by Gasteiger charge is 2.18. The van der Waals surface area contributed by atoms with Gasteiger partial charge in [0.05, 0.1) is 31.2 Å². The Bertz CT molecular complexity index is 1050. The van der Waals surface area contributed by atoms with Crippen molar-refractivity contribution in [3.63, 3.8) is 0 Å². The first-order valence-corrected chi connectivity index (χ1v) is 12.3. The standard InChI is InChI=1S/C24H32N4O3S/c1-2-6-19(29)15-28(10-9-27-11-13-31-14-12-27)16-21-25-23(30)22-20(17-32-24(22)26-21)18-7-4-3-5-8-18/h3-5,7-8,17,19,29H,2,6,9-16H2,1H3,(H,25,26,30). The van der Waals surface area contributed by atoms with Gasteiger partial charge in [0.25, 0.3) is 5.56 Å². The van der Waals surface area contributed by atoms with E-state index in [1.54, 1.807) is 0 Å². The smallest absolute Gasteiger partial charge is 0.260 e. The third-order valence-corrected chi connectivity index (χ3v) is 6.75. The highest BCUT2D eigenvalue weighted by atomic mass is 32.1. The summed E-state index contributed by atoms with van der Waals surface area (Å²) in [6.45, 7) is 8.28. The molecule has 1 aromatic carbocycles. The first-order valence-electron chi connectivity index (χ1n) is 11.4. The molecule has 32 heavy (non-hydrogen) atoms. The number of aliphatic hydroxyl groups is 1. The molecular formula is C24H32N4O3S. The molecule has 0 aliphatic carbocycles. The first kappa shape index (κ1) is 23.1. The maximum Gasteiger partial charge on any atom is 0.260 e. The van der Waals surface area contributed by atoms with Gasteiger partial charge < -0.3 is 14.8 Å². The lowest BCUT2D eigenvalue weighted by atomic mass is 10.1. The Morgan fingerprint density at radius 3 is 2.81 bits per heavy atom. The van der Waals surface area contributed by atoms with Gasteiger partial charge in [0, 0.05) is 43.7 Å². The molecule has 2 aromatic heterocycles. The van der Waals surface area contributed by atoms with Gasteiger partial charge in [-0.3, -0.25) is 14.6 Å². The van der Waals surface area contributed by atoms with Crippen LogP contribution in [0.3, 0.4) is 0 Å². The van der Waals surface area contributed by atoms with Crippen molar-refractivity contribution in [2.75, 3.05) is 45.9 Å². The molecule has 1 atom stereocenters. The summed E-state index contributed by atoms with van der Waals surface area (Å²) in [4.78, 5) is 26.1. The Kier molecular flexibility index (Phi) is 8.05. The summed E-state index contributed by atoms with van der Waals surface area (Å²) < 4.78 is 5.44. The van der Waals surface area contributed by atoms with E-state index in [0.717, 1.165) is 68.2 Å². The number of aliphatic hydroxyl groups excluding tert-OH is 1. The Labute approximate surface area is 192 Å². The Hall–Kier alpha value is -2.10. The van der Waals surface area contributed by atoms with E-state index in [9.17, 15) is 9.90 Å². The highest BCUT2D eigenvalue weighted by Crippen LogP contribution is 2.30. The van der Waals surface area contributed by atoms with Crippen molar-refractivity contribution in [2.45, 2.75) is 32.4 Å². The minimum absolute atomic E-state index is 0.104. The lowest BCUT2D eigenvalue weighted by molar-refractivity contribution is 0.0285. The molecule has 0 bridgehead atoms. The van der Waals surface area contributed by atoms with E-state index in [2.05, 4.69) is 21.7 Å². The molecule has 1 unspecified atom stereocenters. The minimum atomic E-state index is -0.383. The molecule has 3 heterocycles. The van der Waals surface area contributed by atoms with Crippen molar-refractivity contribution >= 4 is 21.6 Å². The van der Waals surface area contributed by atoms with Crippen molar-refractivity contribution in [3.8, 4) is 11.1 Å². The van der Waals surface area contributed by atoms with Crippen LogP contribution in [0.5, 0.6) is 0 Å². The highest BCUT2D eigenvalue weighted by molar-refractivity contribution is 7.17. The van der Waals surface area contributed by atoms with Gasteiger partial charge in [0.2, 0.25) is 0 Å². The Morgan fingerprint density at radius 1 is 1.28 bits per heavy atom. The number of hydrogen-bond donors (Lipinski definition) is 2. The van der Waals surface area contributed by atoms with E-state index in [4.69, 9.17) is 9.72 Å². The largest absolute Gasteiger partial charge is 0.392 e. The fraction of sp³-hybridized carbons (Fsp3) is 0.500. The van der Waals surface area contributed by atoms with Gasteiger partial charge in [-0.2, -0.15) is 0 Å². The molecule has 0 radical (unpaired) electrons. The van der Waals surface area contributed by atoms with Crippen LogP contribution in [0.15, 0.2) is 40.5 Å². The number of hydrogen-bond acceptors (Lipinski definition) is 7. The van der Waals surface area contributed by atoms with Gasteiger partial charge in [-0.25, -0.2) is 4.98 Å². The molecule has 172 valence electrons. The molecule has 8 heteroatoms. The lowest BCUT2D eigenvalue weighted by Gasteiger charge is -2.30. The molecule has 1 aliphatic rings. The average molecular weight is 457 g/mol. The summed E-state index contributed by atoms with van der Waals surface area (Å²) in [6.07, 6.45) is 1.32. The third-order valence-electron chi connectivity index (χ3n) is 5.88. The van der Waals surface area contributed by atoms with Crippen LogP contribution in [-0.2, 0) is 11.3 Å². The number of nitrogens with one attached hydrogen (secondary N) is 1. The number of thiophene rings is 1. The SMILES string of the molecule is CCCC(O)CN(CCN1CCOCC1)Cc1nc2scc(-c3ccccc3)c2c(=O)[nH]1. The molecule has 0 spiro atoms. The normalized spacial score (nSPS) is 16.1. The van der Waals surface area contributed by atoms with Gasteiger partial charge in [0.15, 0.2) is 0 Å². The zero-order valence-electron chi connectivity index (χ0n) is 18.6. The number of aromatic nitrogens is 2. The number of rotatable bonds is 10. The number of fused-ring (bicyclic) bond motifs is 1. The van der Waals surface area contributed by atoms with Gasteiger partial charge in [0.1, 0.15) is 10.7 Å².